The van der Waals surface area contributed by atoms with E-state index in [0.717, 1.165) is 25.7 Å². The Morgan fingerprint density at radius 3 is 2.40 bits per heavy atom. The van der Waals surface area contributed by atoms with Gasteiger partial charge < -0.3 is 20.1 Å². The predicted molar refractivity (Wildman–Crippen MR) is 108 cm³/mol. The summed E-state index contributed by atoms with van der Waals surface area (Å²) in [4.78, 5) is 36.4. The lowest BCUT2D eigenvalue weighted by Crippen LogP contribution is -2.33. The van der Waals surface area contributed by atoms with E-state index in [1.165, 1.54) is 24.3 Å². The second-order valence-electron chi connectivity index (χ2n) is 6.95. The van der Waals surface area contributed by atoms with Gasteiger partial charge in [0.2, 0.25) is 0 Å². The summed E-state index contributed by atoms with van der Waals surface area (Å²) in [5.41, 5.74) is 0.695. The van der Waals surface area contributed by atoms with E-state index in [-0.39, 0.29) is 11.9 Å². The minimum atomic E-state index is -0.748. The molecule has 0 aliphatic heterocycles. The number of esters is 1. The van der Waals surface area contributed by atoms with Crippen LogP contribution in [-0.4, -0.2) is 37.0 Å². The van der Waals surface area contributed by atoms with Crippen LogP contribution in [0.5, 0.6) is 5.75 Å². The molecule has 0 aromatic heterocycles. The number of ether oxygens (including phenoxy) is 2. The molecule has 2 aromatic rings. The van der Waals surface area contributed by atoms with Crippen LogP contribution >= 0.6 is 0 Å². The highest BCUT2D eigenvalue weighted by molar-refractivity contribution is 6.04. The third kappa shape index (κ3) is 6.30. The van der Waals surface area contributed by atoms with Gasteiger partial charge in [-0.25, -0.2) is 9.18 Å². The third-order valence-corrected chi connectivity index (χ3v) is 4.67. The third-order valence-electron chi connectivity index (χ3n) is 4.67. The van der Waals surface area contributed by atoms with Crippen LogP contribution in [-0.2, 0) is 14.3 Å². The molecule has 0 bridgehead atoms. The lowest BCUT2D eigenvalue weighted by molar-refractivity contribution is -0.149. The highest BCUT2D eigenvalue weighted by Crippen LogP contribution is 2.20. The van der Waals surface area contributed by atoms with Gasteiger partial charge in [0, 0.05) is 6.04 Å². The van der Waals surface area contributed by atoms with Gasteiger partial charge in [0.05, 0.1) is 11.3 Å². The molecule has 158 valence electrons. The number of carbonyl (C=O) groups is 3. The molecule has 1 aliphatic rings. The molecule has 8 heteroatoms. The Bertz CT molecular complexity index is 895. The van der Waals surface area contributed by atoms with E-state index in [1.807, 2.05) is 0 Å². The average Bonchev–Trinajstić information content (AvgIpc) is 3.25. The van der Waals surface area contributed by atoms with Crippen molar-refractivity contribution < 1.29 is 28.2 Å². The van der Waals surface area contributed by atoms with Crippen molar-refractivity contribution in [3.05, 3.63) is 59.9 Å². The number of halogens is 1. The maximum atomic E-state index is 12.8. The van der Waals surface area contributed by atoms with Crippen molar-refractivity contribution in [2.45, 2.75) is 31.7 Å². The van der Waals surface area contributed by atoms with E-state index in [4.69, 9.17) is 9.47 Å². The molecule has 2 amide bonds. The summed E-state index contributed by atoms with van der Waals surface area (Å²) in [5.74, 6) is -1.69. The molecule has 1 saturated carbocycles. The smallest absolute Gasteiger partial charge is 0.344 e. The van der Waals surface area contributed by atoms with Crippen LogP contribution in [0.2, 0.25) is 0 Å². The van der Waals surface area contributed by atoms with Crippen molar-refractivity contribution in [2.75, 3.05) is 18.5 Å². The Hall–Kier alpha value is -3.42. The zero-order valence-electron chi connectivity index (χ0n) is 16.4. The quantitative estimate of drug-likeness (QED) is 0.648. The van der Waals surface area contributed by atoms with Gasteiger partial charge in [-0.2, -0.15) is 0 Å². The first kappa shape index (κ1) is 21.3. The van der Waals surface area contributed by atoms with Crippen molar-refractivity contribution in [3.63, 3.8) is 0 Å². The maximum absolute atomic E-state index is 12.8. The molecule has 0 spiro atoms. The van der Waals surface area contributed by atoms with Crippen LogP contribution in [0.25, 0.3) is 0 Å². The molecule has 3 rings (SSSR count). The largest absolute Gasteiger partial charge is 0.482 e. The second-order valence-corrected chi connectivity index (χ2v) is 6.95. The monoisotopic (exact) mass is 414 g/mol. The van der Waals surface area contributed by atoms with E-state index >= 15 is 0 Å². The number of nitrogens with one attached hydrogen (secondary N) is 2. The fraction of sp³-hybridized carbons (Fsp3) is 0.318. The molecule has 2 aromatic carbocycles. The molecule has 0 saturated heterocycles. The van der Waals surface area contributed by atoms with Crippen molar-refractivity contribution in [2.24, 2.45) is 0 Å². The van der Waals surface area contributed by atoms with E-state index < -0.39 is 30.9 Å². The first-order chi connectivity index (χ1) is 14.5. The number of carbonyl (C=O) groups excluding carboxylic acids is 3. The maximum Gasteiger partial charge on any atom is 0.344 e. The Labute approximate surface area is 173 Å². The van der Waals surface area contributed by atoms with Crippen LogP contribution < -0.4 is 15.4 Å². The van der Waals surface area contributed by atoms with E-state index in [1.54, 1.807) is 24.3 Å². The van der Waals surface area contributed by atoms with Gasteiger partial charge >= 0.3 is 5.97 Å². The number of anilines is 1. The number of hydrogen-bond donors (Lipinski definition) is 2. The summed E-state index contributed by atoms with van der Waals surface area (Å²) >= 11 is 0. The Kier molecular flexibility index (Phi) is 7.37. The van der Waals surface area contributed by atoms with Crippen LogP contribution in [0.1, 0.15) is 36.0 Å². The number of rotatable bonds is 8. The molecule has 2 N–H and O–H groups in total. The van der Waals surface area contributed by atoms with Crippen LogP contribution in [0.4, 0.5) is 10.1 Å². The molecule has 0 heterocycles. The zero-order chi connectivity index (χ0) is 21.3. The van der Waals surface area contributed by atoms with Crippen LogP contribution in [0.3, 0.4) is 0 Å². The summed E-state index contributed by atoms with van der Waals surface area (Å²) < 4.78 is 22.9. The lowest BCUT2D eigenvalue weighted by atomic mass is 10.1. The lowest BCUT2D eigenvalue weighted by Gasteiger charge is -2.15. The van der Waals surface area contributed by atoms with Crippen molar-refractivity contribution in [1.29, 1.82) is 0 Å². The summed E-state index contributed by atoms with van der Waals surface area (Å²) in [6.07, 6.45) is 4.10. The van der Waals surface area contributed by atoms with Gasteiger partial charge in [-0.3, -0.25) is 9.59 Å². The fourth-order valence-corrected chi connectivity index (χ4v) is 3.17. The van der Waals surface area contributed by atoms with Gasteiger partial charge in [0.25, 0.3) is 11.8 Å². The van der Waals surface area contributed by atoms with Crippen molar-refractivity contribution in [1.82, 2.24) is 5.32 Å². The van der Waals surface area contributed by atoms with Gasteiger partial charge in [0.1, 0.15) is 11.6 Å². The highest BCUT2D eigenvalue weighted by Gasteiger charge is 2.20. The van der Waals surface area contributed by atoms with Crippen molar-refractivity contribution >= 4 is 23.5 Å². The molecule has 1 fully saturated rings. The van der Waals surface area contributed by atoms with Crippen LogP contribution in [0.15, 0.2) is 48.5 Å². The molecule has 7 nitrogen and oxygen atoms in total. The fourth-order valence-electron chi connectivity index (χ4n) is 3.17. The first-order valence-electron chi connectivity index (χ1n) is 9.75. The van der Waals surface area contributed by atoms with Crippen LogP contribution in [0, 0.1) is 5.82 Å². The second kappa shape index (κ2) is 10.4. The zero-order valence-corrected chi connectivity index (χ0v) is 16.4. The molecular weight excluding hydrogens is 391 g/mol. The normalized spacial score (nSPS) is 13.5. The number of amides is 2. The Balaban J connectivity index is 1.46. The first-order valence-corrected chi connectivity index (χ1v) is 9.75. The molecule has 0 unspecified atom stereocenters. The minimum absolute atomic E-state index is 0.156. The van der Waals surface area contributed by atoms with Crippen molar-refractivity contribution in [3.8, 4) is 5.75 Å². The Morgan fingerprint density at radius 1 is 0.967 bits per heavy atom. The van der Waals surface area contributed by atoms with E-state index in [0.29, 0.717) is 17.0 Å². The Morgan fingerprint density at radius 2 is 1.67 bits per heavy atom. The van der Waals surface area contributed by atoms with E-state index in [9.17, 15) is 18.8 Å². The SMILES string of the molecule is O=C(COC(=O)COc1ccc(F)cc1)Nc1ccccc1C(=O)NC1CCCC1. The highest BCUT2D eigenvalue weighted by atomic mass is 19.1. The summed E-state index contributed by atoms with van der Waals surface area (Å²) in [6.45, 7) is -0.941. The molecule has 1 aliphatic carbocycles. The molecule has 0 atom stereocenters. The summed E-state index contributed by atoms with van der Waals surface area (Å²) in [6, 6.07) is 12.0. The summed E-state index contributed by atoms with van der Waals surface area (Å²) in [7, 11) is 0. The summed E-state index contributed by atoms with van der Waals surface area (Å²) in [5, 5.41) is 5.57. The average molecular weight is 414 g/mol. The number of para-hydroxylation sites is 1. The molecular formula is C22H23FN2O5. The number of hydrogen-bond acceptors (Lipinski definition) is 5. The van der Waals surface area contributed by atoms with Gasteiger partial charge in [-0.15, -0.1) is 0 Å². The molecule has 0 radical (unpaired) electrons. The van der Waals surface area contributed by atoms with Gasteiger partial charge in [-0.05, 0) is 49.2 Å². The number of benzene rings is 2. The minimum Gasteiger partial charge on any atom is -0.482 e. The molecule has 30 heavy (non-hydrogen) atoms. The standard InChI is InChI=1S/C22H23FN2O5/c23-15-9-11-17(12-10-15)29-14-21(27)30-13-20(26)25-19-8-4-3-7-18(19)22(28)24-16-5-1-2-6-16/h3-4,7-12,16H,1-2,5-6,13-14H2,(H,24,28)(H,25,26). The van der Waals surface area contributed by atoms with Gasteiger partial charge in [-0.1, -0.05) is 25.0 Å². The van der Waals surface area contributed by atoms with E-state index in [2.05, 4.69) is 10.6 Å². The topological polar surface area (TPSA) is 93.7 Å². The van der Waals surface area contributed by atoms with Gasteiger partial charge in [0.15, 0.2) is 13.2 Å². The predicted octanol–water partition coefficient (Wildman–Crippen LogP) is 3.06.